The average Bonchev–Trinajstić information content (AvgIpc) is 2.82. The first-order valence-electron chi connectivity index (χ1n) is 11.7. The van der Waals surface area contributed by atoms with Crippen molar-refractivity contribution in [3.63, 3.8) is 0 Å². The van der Waals surface area contributed by atoms with E-state index < -0.39 is 73.1 Å². The Hall–Kier alpha value is -2.64. The molecule has 4 unspecified atom stereocenters. The maximum atomic E-state index is 13.9. The Morgan fingerprint density at radius 3 is 1.28 bits per heavy atom. The molecule has 13 heteroatoms. The van der Waals surface area contributed by atoms with Crippen LogP contribution >= 0.6 is 0 Å². The number of rotatable bonds is 12. The van der Waals surface area contributed by atoms with Crippen molar-refractivity contribution in [2.45, 2.75) is 62.1 Å². The summed E-state index contributed by atoms with van der Waals surface area (Å²) in [5, 5.41) is 20.9. The summed E-state index contributed by atoms with van der Waals surface area (Å²) in [5.74, 6) is -3.81. The van der Waals surface area contributed by atoms with E-state index in [1.165, 1.54) is 40.2 Å². The Morgan fingerprint density at radius 1 is 0.667 bits per heavy atom. The highest BCUT2D eigenvalue weighted by molar-refractivity contribution is 5.37. The zero-order chi connectivity index (χ0) is 29.8. The van der Waals surface area contributed by atoms with Crippen molar-refractivity contribution in [1.29, 1.82) is 0 Å². The molecule has 0 bridgehead atoms. The van der Waals surface area contributed by atoms with Crippen LogP contribution in [0.2, 0.25) is 0 Å². The van der Waals surface area contributed by atoms with Crippen LogP contribution in [0.5, 0.6) is 11.5 Å². The van der Waals surface area contributed by atoms with Crippen LogP contribution in [-0.4, -0.2) is 61.2 Å². The van der Waals surface area contributed by atoms with Gasteiger partial charge in [-0.25, -0.2) is 8.78 Å². The average molecular weight is 575 g/mol. The van der Waals surface area contributed by atoms with E-state index in [0.29, 0.717) is 0 Å². The molecule has 220 valence electrons. The zero-order valence-electron chi connectivity index (χ0n) is 21.6. The summed E-state index contributed by atoms with van der Waals surface area (Å²) in [6.45, 7) is -0.828. The fourth-order valence-electron chi connectivity index (χ4n) is 4.32. The van der Waals surface area contributed by atoms with Gasteiger partial charge in [-0.15, -0.1) is 0 Å². The number of aliphatic hydroxyl groups is 2. The van der Waals surface area contributed by atoms with Gasteiger partial charge in [-0.3, -0.25) is 0 Å². The lowest BCUT2D eigenvalue weighted by molar-refractivity contribution is -0.301. The Bertz CT molecular complexity index is 1020. The van der Waals surface area contributed by atoms with Gasteiger partial charge in [0.25, 0.3) is 0 Å². The number of alkyl halides is 6. The minimum atomic E-state index is -5.36. The first kappa shape index (κ1) is 32.6. The molecule has 0 saturated heterocycles. The molecule has 0 spiro atoms. The van der Waals surface area contributed by atoms with Crippen LogP contribution < -0.4 is 9.47 Å². The molecule has 2 rings (SSSR count). The van der Waals surface area contributed by atoms with E-state index in [2.05, 4.69) is 0 Å². The van der Waals surface area contributed by atoms with E-state index in [-0.39, 0.29) is 22.6 Å². The van der Waals surface area contributed by atoms with Gasteiger partial charge in [-0.1, -0.05) is 13.8 Å². The minimum absolute atomic E-state index is 0.00941. The van der Waals surface area contributed by atoms with Gasteiger partial charge in [0, 0.05) is 0 Å². The van der Waals surface area contributed by atoms with E-state index in [9.17, 15) is 45.3 Å². The molecule has 2 aromatic carbocycles. The molecule has 0 saturated carbocycles. The monoisotopic (exact) mass is 574 g/mol. The van der Waals surface area contributed by atoms with Gasteiger partial charge in [-0.05, 0) is 72.2 Å². The third-order valence-corrected chi connectivity index (χ3v) is 6.47. The molecule has 0 amide bonds. The number of benzene rings is 2. The normalized spacial score (nSPS) is 17.2. The summed E-state index contributed by atoms with van der Waals surface area (Å²) in [5.41, 5.74) is -7.34. The topological polar surface area (TPSA) is 68.2 Å². The van der Waals surface area contributed by atoms with Crippen molar-refractivity contribution in [2.24, 2.45) is 0 Å². The summed E-state index contributed by atoms with van der Waals surface area (Å²) in [4.78, 5) is 0. The van der Waals surface area contributed by atoms with Gasteiger partial charge < -0.3 is 24.4 Å². The molecule has 5 nitrogen and oxygen atoms in total. The largest absolute Gasteiger partial charge is 0.496 e. The van der Waals surface area contributed by atoms with Gasteiger partial charge in [-0.2, -0.15) is 26.3 Å². The quantitative estimate of drug-likeness (QED) is 0.293. The second-order valence-electron chi connectivity index (χ2n) is 9.53. The molecule has 0 aromatic heterocycles. The highest BCUT2D eigenvalue weighted by atomic mass is 19.4. The van der Waals surface area contributed by atoms with Gasteiger partial charge >= 0.3 is 12.4 Å². The summed E-state index contributed by atoms with van der Waals surface area (Å²) < 4.78 is 125. The van der Waals surface area contributed by atoms with Crippen molar-refractivity contribution in [2.75, 3.05) is 27.4 Å². The Morgan fingerprint density at radius 2 is 1.00 bits per heavy atom. The van der Waals surface area contributed by atoms with Crippen molar-refractivity contribution < 1.29 is 59.5 Å². The zero-order valence-corrected chi connectivity index (χ0v) is 21.6. The van der Waals surface area contributed by atoms with Crippen molar-refractivity contribution in [3.05, 3.63) is 59.2 Å². The molecular weight excluding hydrogens is 544 g/mol. The summed E-state index contributed by atoms with van der Waals surface area (Å²) in [6.07, 6.45) is -12.9. The summed E-state index contributed by atoms with van der Waals surface area (Å²) >= 11 is 0. The number of hydrogen-bond donors (Lipinski definition) is 2. The van der Waals surface area contributed by atoms with E-state index in [1.54, 1.807) is 0 Å². The molecule has 0 radical (unpaired) electrons. The van der Waals surface area contributed by atoms with Crippen LogP contribution in [0, 0.1) is 11.6 Å². The number of methoxy groups -OCH3 is 2. The molecule has 0 fully saturated rings. The lowest BCUT2D eigenvalue weighted by Gasteiger charge is -2.36. The highest BCUT2D eigenvalue weighted by Gasteiger charge is 2.57. The van der Waals surface area contributed by atoms with E-state index in [0.717, 1.165) is 24.3 Å². The summed E-state index contributed by atoms with van der Waals surface area (Å²) in [6, 6.07) is 6.25. The van der Waals surface area contributed by atoms with Gasteiger partial charge in [0.2, 0.25) is 0 Å². The van der Waals surface area contributed by atoms with Gasteiger partial charge in [0.1, 0.15) is 23.1 Å². The molecule has 39 heavy (non-hydrogen) atoms. The van der Waals surface area contributed by atoms with Crippen LogP contribution in [0.15, 0.2) is 36.4 Å². The third-order valence-electron chi connectivity index (χ3n) is 6.47. The molecule has 0 aliphatic heterocycles. The van der Waals surface area contributed by atoms with Crippen LogP contribution in [0.4, 0.5) is 35.1 Å². The van der Waals surface area contributed by atoms with Gasteiger partial charge in [0.15, 0.2) is 11.2 Å². The van der Waals surface area contributed by atoms with Crippen LogP contribution in [-0.2, 0) is 4.74 Å². The lowest BCUT2D eigenvalue weighted by Crippen LogP contribution is -2.54. The summed E-state index contributed by atoms with van der Waals surface area (Å²) in [7, 11) is 2.42. The van der Waals surface area contributed by atoms with E-state index in [1.807, 2.05) is 0 Å². The predicted octanol–water partition coefficient (Wildman–Crippen LogP) is 6.27. The second-order valence-corrected chi connectivity index (χ2v) is 9.53. The SMILES string of the molecule is COc1ccc(F)cc1C(C)CC(O)(COCC(O)(CC(C)c1cc(F)ccc1OC)C(F)(F)F)C(F)(F)F. The first-order valence-corrected chi connectivity index (χ1v) is 11.7. The molecule has 0 aliphatic carbocycles. The predicted molar refractivity (Wildman–Crippen MR) is 125 cm³/mol. The number of hydrogen-bond acceptors (Lipinski definition) is 5. The van der Waals surface area contributed by atoms with E-state index in [4.69, 9.17) is 14.2 Å². The molecule has 0 heterocycles. The molecule has 2 N–H and O–H groups in total. The smallest absolute Gasteiger partial charge is 0.419 e. The third kappa shape index (κ3) is 7.73. The van der Waals surface area contributed by atoms with Crippen LogP contribution in [0.1, 0.15) is 49.7 Å². The van der Waals surface area contributed by atoms with Crippen molar-refractivity contribution in [1.82, 2.24) is 0 Å². The van der Waals surface area contributed by atoms with Crippen LogP contribution in [0.3, 0.4) is 0 Å². The fraction of sp³-hybridized carbons (Fsp3) is 0.538. The second kappa shape index (κ2) is 12.3. The first-order chi connectivity index (χ1) is 17.9. The van der Waals surface area contributed by atoms with Crippen molar-refractivity contribution >= 4 is 0 Å². The molecule has 2 aromatic rings. The molecular formula is C26H30F8O5. The van der Waals surface area contributed by atoms with E-state index >= 15 is 0 Å². The Balaban J connectivity index is 2.27. The standard InChI is InChI=1S/C26H30F8O5/c1-15(19-9-17(27)5-7-21(19)37-3)11-23(35,25(29,30)31)13-39-14-24(36,26(32,33)34)12-16(2)20-10-18(28)6-8-22(20)38-4/h5-10,15-16,35-36H,11-14H2,1-4H3. The van der Waals surface area contributed by atoms with Gasteiger partial charge in [0.05, 0.1) is 27.4 Å². The molecule has 4 atom stereocenters. The maximum Gasteiger partial charge on any atom is 0.419 e. The highest BCUT2D eigenvalue weighted by Crippen LogP contribution is 2.43. The van der Waals surface area contributed by atoms with Crippen LogP contribution in [0.25, 0.3) is 0 Å². The number of ether oxygens (including phenoxy) is 3. The molecule has 0 aliphatic rings. The maximum absolute atomic E-state index is 13.9. The Kier molecular flexibility index (Phi) is 10.2. The van der Waals surface area contributed by atoms with Crippen molar-refractivity contribution in [3.8, 4) is 11.5 Å². The number of halogens is 8. The lowest BCUT2D eigenvalue weighted by atomic mass is 9.85. The fourth-order valence-corrected chi connectivity index (χ4v) is 4.32. The Labute approximate surface area is 220 Å². The minimum Gasteiger partial charge on any atom is -0.496 e.